The molecule has 102 valence electrons. The van der Waals surface area contributed by atoms with E-state index in [1.807, 2.05) is 0 Å². The van der Waals surface area contributed by atoms with Crippen molar-refractivity contribution >= 4 is 22.9 Å². The number of piperazine rings is 1. The highest BCUT2D eigenvalue weighted by Gasteiger charge is 2.23. The highest BCUT2D eigenvalue weighted by Crippen LogP contribution is 2.25. The first kappa shape index (κ1) is 14.3. The maximum Gasteiger partial charge on any atom is 0.110 e. The van der Waals surface area contributed by atoms with E-state index in [-0.39, 0.29) is 0 Å². The number of hydrogen-bond acceptors (Lipinski definition) is 4. The molecular weight excluding hydrogens is 266 g/mol. The van der Waals surface area contributed by atoms with E-state index < -0.39 is 0 Å². The molecule has 0 amide bonds. The average Bonchev–Trinajstić information content (AvgIpc) is 2.88. The summed E-state index contributed by atoms with van der Waals surface area (Å²) in [5.74, 6) is 0.521. The van der Waals surface area contributed by atoms with Crippen molar-refractivity contribution in [3.63, 3.8) is 0 Å². The van der Waals surface area contributed by atoms with Crippen molar-refractivity contribution in [2.75, 3.05) is 32.7 Å². The van der Waals surface area contributed by atoms with E-state index >= 15 is 0 Å². The predicted molar refractivity (Wildman–Crippen MR) is 78.4 cm³/mol. The first-order valence-corrected chi connectivity index (χ1v) is 8.12. The Labute approximate surface area is 119 Å². The Morgan fingerprint density at radius 3 is 2.67 bits per heavy atom. The third-order valence-corrected chi connectivity index (χ3v) is 4.90. The van der Waals surface area contributed by atoms with Gasteiger partial charge in [-0.15, -0.1) is 22.9 Å². The molecule has 3 nitrogen and oxygen atoms in total. The van der Waals surface area contributed by atoms with Crippen LogP contribution in [0.1, 0.15) is 37.0 Å². The molecule has 1 atom stereocenters. The van der Waals surface area contributed by atoms with E-state index in [0.717, 1.165) is 18.8 Å². The lowest BCUT2D eigenvalue weighted by molar-refractivity contribution is 0.102. The monoisotopic (exact) mass is 287 g/mol. The molecule has 1 aromatic rings. The van der Waals surface area contributed by atoms with Gasteiger partial charge in [-0.25, -0.2) is 4.98 Å². The molecule has 1 aromatic heterocycles. The summed E-state index contributed by atoms with van der Waals surface area (Å²) in [7, 11) is 0. The van der Waals surface area contributed by atoms with Crippen LogP contribution in [0.2, 0.25) is 0 Å². The maximum atomic E-state index is 5.81. The van der Waals surface area contributed by atoms with Crippen LogP contribution >= 0.6 is 22.9 Å². The quantitative estimate of drug-likeness (QED) is 0.776. The molecule has 0 spiro atoms. The normalized spacial score (nSPS) is 20.2. The summed E-state index contributed by atoms with van der Waals surface area (Å²) in [5, 5.41) is 3.28. The molecule has 1 aliphatic rings. The van der Waals surface area contributed by atoms with E-state index in [4.69, 9.17) is 11.6 Å². The molecule has 0 bridgehead atoms. The second-order valence-corrected chi connectivity index (χ2v) is 6.02. The Bertz CT molecular complexity index is 361. The van der Waals surface area contributed by atoms with Crippen molar-refractivity contribution in [3.8, 4) is 0 Å². The Kier molecular flexibility index (Phi) is 5.42. The van der Waals surface area contributed by atoms with Crippen molar-refractivity contribution < 1.29 is 0 Å². The maximum absolute atomic E-state index is 5.81. The number of halogens is 1. The summed E-state index contributed by atoms with van der Waals surface area (Å²) in [5.41, 5.74) is 1.01. The molecule has 2 rings (SSSR count). The number of thiazole rings is 1. The van der Waals surface area contributed by atoms with Crippen molar-refractivity contribution in [3.05, 3.63) is 16.1 Å². The van der Waals surface area contributed by atoms with E-state index in [9.17, 15) is 0 Å². The first-order valence-electron chi connectivity index (χ1n) is 6.71. The fourth-order valence-corrected chi connectivity index (χ4v) is 3.56. The van der Waals surface area contributed by atoms with Crippen LogP contribution in [0, 0.1) is 0 Å². The molecule has 0 saturated carbocycles. The fourth-order valence-electron chi connectivity index (χ4n) is 2.42. The molecule has 2 heterocycles. The van der Waals surface area contributed by atoms with Gasteiger partial charge in [0.1, 0.15) is 5.01 Å². The smallest absolute Gasteiger partial charge is 0.110 e. The van der Waals surface area contributed by atoms with Gasteiger partial charge >= 0.3 is 0 Å². The van der Waals surface area contributed by atoms with Crippen LogP contribution in [0.25, 0.3) is 0 Å². The van der Waals surface area contributed by atoms with Gasteiger partial charge in [0.15, 0.2) is 0 Å². The number of alkyl halides is 1. The summed E-state index contributed by atoms with van der Waals surface area (Å²) in [4.78, 5) is 9.67. The van der Waals surface area contributed by atoms with Crippen LogP contribution in [0.3, 0.4) is 0 Å². The largest absolute Gasteiger partial charge is 0.301 e. The summed E-state index contributed by atoms with van der Waals surface area (Å²) in [6.45, 7) is 10.4. The Morgan fingerprint density at radius 1 is 1.39 bits per heavy atom. The third-order valence-electron chi connectivity index (χ3n) is 3.56. The van der Waals surface area contributed by atoms with Crippen LogP contribution in [0.5, 0.6) is 0 Å². The molecule has 0 aromatic carbocycles. The lowest BCUT2D eigenvalue weighted by Crippen LogP contribution is -2.47. The summed E-state index contributed by atoms with van der Waals surface area (Å²) >= 11 is 7.54. The SMILES string of the molecule is CCCN1CCN(C(C)c2nc(CCl)cs2)CC1. The standard InChI is InChI=1S/C13H22ClN3S/c1-3-4-16-5-7-17(8-6-16)11(2)13-15-12(9-14)10-18-13/h10-11H,3-9H2,1-2H3. The summed E-state index contributed by atoms with van der Waals surface area (Å²) in [6.07, 6.45) is 1.25. The van der Waals surface area contributed by atoms with Crippen molar-refractivity contribution in [2.24, 2.45) is 0 Å². The molecular formula is C13H22ClN3S. The lowest BCUT2D eigenvalue weighted by Gasteiger charge is -2.37. The molecule has 0 radical (unpaired) electrons. The topological polar surface area (TPSA) is 19.4 Å². The van der Waals surface area contributed by atoms with Crippen LogP contribution in [0.15, 0.2) is 5.38 Å². The minimum absolute atomic E-state index is 0.427. The average molecular weight is 288 g/mol. The van der Waals surface area contributed by atoms with E-state index in [1.165, 1.54) is 31.1 Å². The molecule has 1 fully saturated rings. The third kappa shape index (κ3) is 3.44. The van der Waals surface area contributed by atoms with Gasteiger partial charge in [0.2, 0.25) is 0 Å². The Morgan fingerprint density at radius 2 is 2.11 bits per heavy atom. The molecule has 0 N–H and O–H groups in total. The second kappa shape index (κ2) is 6.85. The minimum atomic E-state index is 0.427. The van der Waals surface area contributed by atoms with Gasteiger partial charge in [-0.2, -0.15) is 0 Å². The van der Waals surface area contributed by atoms with Crippen LogP contribution < -0.4 is 0 Å². The van der Waals surface area contributed by atoms with Crippen molar-refractivity contribution in [1.29, 1.82) is 0 Å². The van der Waals surface area contributed by atoms with E-state index in [2.05, 4.69) is 34.0 Å². The van der Waals surface area contributed by atoms with Crippen LogP contribution in [-0.2, 0) is 5.88 Å². The van der Waals surface area contributed by atoms with Gasteiger partial charge < -0.3 is 4.90 Å². The highest BCUT2D eigenvalue weighted by atomic mass is 35.5. The molecule has 1 aliphatic heterocycles. The molecule has 0 aliphatic carbocycles. The zero-order valence-corrected chi connectivity index (χ0v) is 12.8. The lowest BCUT2D eigenvalue weighted by atomic mass is 10.2. The van der Waals surface area contributed by atoms with E-state index in [1.54, 1.807) is 11.3 Å². The number of hydrogen-bond donors (Lipinski definition) is 0. The van der Waals surface area contributed by atoms with Crippen LogP contribution in [-0.4, -0.2) is 47.5 Å². The number of aromatic nitrogens is 1. The van der Waals surface area contributed by atoms with Gasteiger partial charge in [-0.1, -0.05) is 6.92 Å². The zero-order chi connectivity index (χ0) is 13.0. The Hall–Kier alpha value is -0.160. The summed E-state index contributed by atoms with van der Waals surface area (Å²) in [6, 6.07) is 0.427. The van der Waals surface area contributed by atoms with Crippen molar-refractivity contribution in [2.45, 2.75) is 32.2 Å². The predicted octanol–water partition coefficient (Wildman–Crippen LogP) is 2.97. The molecule has 5 heteroatoms. The van der Waals surface area contributed by atoms with Gasteiger partial charge in [0.25, 0.3) is 0 Å². The Balaban J connectivity index is 1.88. The molecule has 1 unspecified atom stereocenters. The van der Waals surface area contributed by atoms with Gasteiger partial charge in [0.05, 0.1) is 17.6 Å². The van der Waals surface area contributed by atoms with Gasteiger partial charge in [-0.05, 0) is 19.9 Å². The second-order valence-electron chi connectivity index (χ2n) is 4.86. The number of nitrogens with zero attached hydrogens (tertiary/aromatic N) is 3. The molecule has 18 heavy (non-hydrogen) atoms. The van der Waals surface area contributed by atoms with Crippen LogP contribution in [0.4, 0.5) is 0 Å². The van der Waals surface area contributed by atoms with Gasteiger partial charge in [0, 0.05) is 31.6 Å². The zero-order valence-electron chi connectivity index (χ0n) is 11.2. The minimum Gasteiger partial charge on any atom is -0.301 e. The van der Waals surface area contributed by atoms with Crippen molar-refractivity contribution in [1.82, 2.24) is 14.8 Å². The van der Waals surface area contributed by atoms with E-state index in [0.29, 0.717) is 11.9 Å². The fraction of sp³-hybridized carbons (Fsp3) is 0.769. The van der Waals surface area contributed by atoms with Gasteiger partial charge in [-0.3, -0.25) is 4.90 Å². The highest BCUT2D eigenvalue weighted by molar-refractivity contribution is 7.09. The summed E-state index contributed by atoms with van der Waals surface area (Å²) < 4.78 is 0. The molecule has 1 saturated heterocycles. The first-order chi connectivity index (χ1) is 8.74. The number of rotatable bonds is 5.